The molecule has 0 saturated carbocycles. The zero-order valence-corrected chi connectivity index (χ0v) is 14.2. The Labute approximate surface area is 138 Å². The summed E-state index contributed by atoms with van der Waals surface area (Å²) in [6, 6.07) is 7.90. The molecule has 0 aromatic heterocycles. The number of hydrogen-bond donors (Lipinski definition) is 0. The predicted molar refractivity (Wildman–Crippen MR) is 88.4 cm³/mol. The Bertz CT molecular complexity index is 637. The highest BCUT2D eigenvalue weighted by Gasteiger charge is 2.41. The van der Waals surface area contributed by atoms with Crippen molar-refractivity contribution >= 4 is 15.9 Å². The third kappa shape index (κ3) is 3.43. The first-order valence-electron chi connectivity index (χ1n) is 8.46. The largest absolute Gasteiger partial charge is 0.341 e. The minimum absolute atomic E-state index is 0.0103. The summed E-state index contributed by atoms with van der Waals surface area (Å²) in [6.07, 6.45) is 5.71. The van der Waals surface area contributed by atoms with Crippen LogP contribution >= 0.6 is 0 Å². The molecule has 0 aliphatic carbocycles. The van der Waals surface area contributed by atoms with E-state index < -0.39 is 16.1 Å². The Morgan fingerprint density at radius 2 is 1.57 bits per heavy atom. The zero-order chi connectivity index (χ0) is 16.3. The van der Waals surface area contributed by atoms with Gasteiger partial charge in [0.15, 0.2) is 0 Å². The number of amides is 1. The second-order valence-corrected chi connectivity index (χ2v) is 8.22. The summed E-state index contributed by atoms with van der Waals surface area (Å²) < 4.78 is 27.1. The van der Waals surface area contributed by atoms with Crippen LogP contribution in [0.2, 0.25) is 0 Å². The van der Waals surface area contributed by atoms with E-state index >= 15 is 0 Å². The average molecular weight is 336 g/mol. The Balaban J connectivity index is 1.81. The van der Waals surface area contributed by atoms with E-state index in [0.29, 0.717) is 13.0 Å². The Morgan fingerprint density at radius 1 is 0.913 bits per heavy atom. The number of benzene rings is 1. The first-order valence-corrected chi connectivity index (χ1v) is 9.90. The number of carbonyl (C=O) groups excluding carboxylic acids is 1. The van der Waals surface area contributed by atoms with Gasteiger partial charge in [-0.25, -0.2) is 8.42 Å². The lowest BCUT2D eigenvalue weighted by Gasteiger charge is -2.29. The lowest BCUT2D eigenvalue weighted by atomic mass is 10.2. The number of nitrogens with zero attached hydrogens (tertiary/aromatic N) is 2. The molecule has 0 bridgehead atoms. The average Bonchev–Trinajstić information content (AvgIpc) is 2.91. The second-order valence-electron chi connectivity index (χ2n) is 6.33. The topological polar surface area (TPSA) is 57.7 Å². The summed E-state index contributed by atoms with van der Waals surface area (Å²) in [5.41, 5.74) is 0. The van der Waals surface area contributed by atoms with Crippen LogP contribution in [0.1, 0.15) is 38.5 Å². The summed E-state index contributed by atoms with van der Waals surface area (Å²) in [5, 5.41) is 0. The molecule has 1 aromatic rings. The molecule has 5 nitrogen and oxygen atoms in total. The van der Waals surface area contributed by atoms with Crippen LogP contribution in [-0.4, -0.2) is 49.2 Å². The van der Waals surface area contributed by atoms with Gasteiger partial charge in [-0.1, -0.05) is 31.0 Å². The van der Waals surface area contributed by atoms with Crippen molar-refractivity contribution in [2.75, 3.05) is 19.6 Å². The maximum atomic E-state index is 12.9. The fourth-order valence-corrected chi connectivity index (χ4v) is 5.18. The molecule has 2 fully saturated rings. The lowest BCUT2D eigenvalue weighted by Crippen LogP contribution is -2.48. The fourth-order valence-electron chi connectivity index (χ4n) is 3.50. The standard InChI is InChI=1S/C17H24N2O3S/c20-17(18-12-6-1-2-7-13-18)16-11-8-14-19(16)23(21,22)15-9-4-3-5-10-15/h3-5,9-10,16H,1-2,6-8,11-14H2. The smallest absolute Gasteiger partial charge is 0.243 e. The van der Waals surface area contributed by atoms with Crippen LogP contribution < -0.4 is 0 Å². The van der Waals surface area contributed by atoms with E-state index in [1.807, 2.05) is 4.90 Å². The van der Waals surface area contributed by atoms with Gasteiger partial charge in [-0.3, -0.25) is 4.79 Å². The molecule has 6 heteroatoms. The summed E-state index contributed by atoms with van der Waals surface area (Å²) in [7, 11) is -3.59. The van der Waals surface area contributed by atoms with E-state index in [0.717, 1.165) is 45.2 Å². The molecular weight excluding hydrogens is 312 g/mol. The highest BCUT2D eigenvalue weighted by atomic mass is 32.2. The number of sulfonamides is 1. The van der Waals surface area contributed by atoms with Gasteiger partial charge < -0.3 is 4.90 Å². The van der Waals surface area contributed by atoms with Crippen molar-refractivity contribution in [1.29, 1.82) is 0 Å². The van der Waals surface area contributed by atoms with Crippen molar-refractivity contribution in [2.45, 2.75) is 49.5 Å². The van der Waals surface area contributed by atoms with E-state index in [4.69, 9.17) is 0 Å². The first kappa shape index (κ1) is 16.5. The summed E-state index contributed by atoms with van der Waals surface area (Å²) in [4.78, 5) is 15.0. The van der Waals surface area contributed by atoms with E-state index in [-0.39, 0.29) is 10.8 Å². The van der Waals surface area contributed by atoms with E-state index in [9.17, 15) is 13.2 Å². The van der Waals surface area contributed by atoms with Gasteiger partial charge in [0.05, 0.1) is 4.90 Å². The van der Waals surface area contributed by atoms with Gasteiger partial charge in [-0.15, -0.1) is 0 Å². The molecule has 0 spiro atoms. The van der Waals surface area contributed by atoms with Crippen LogP contribution in [0.25, 0.3) is 0 Å². The van der Waals surface area contributed by atoms with Gasteiger partial charge in [0.25, 0.3) is 0 Å². The molecule has 0 N–H and O–H groups in total. The number of rotatable bonds is 3. The molecule has 1 aromatic carbocycles. The van der Waals surface area contributed by atoms with Crippen molar-refractivity contribution in [1.82, 2.24) is 9.21 Å². The molecular formula is C17H24N2O3S. The predicted octanol–water partition coefficient (Wildman–Crippen LogP) is 2.24. The van der Waals surface area contributed by atoms with Crippen LogP contribution in [0.4, 0.5) is 0 Å². The normalized spacial score (nSPS) is 23.7. The van der Waals surface area contributed by atoms with E-state index in [2.05, 4.69) is 0 Å². The monoisotopic (exact) mass is 336 g/mol. The summed E-state index contributed by atoms with van der Waals surface area (Å²) in [6.45, 7) is 1.95. The molecule has 23 heavy (non-hydrogen) atoms. The van der Waals surface area contributed by atoms with Crippen molar-refractivity contribution in [3.63, 3.8) is 0 Å². The first-order chi connectivity index (χ1) is 11.1. The molecule has 3 rings (SSSR count). The minimum Gasteiger partial charge on any atom is -0.341 e. The molecule has 1 amide bonds. The minimum atomic E-state index is -3.59. The molecule has 2 heterocycles. The van der Waals surface area contributed by atoms with Gasteiger partial charge in [-0.05, 0) is 37.8 Å². The van der Waals surface area contributed by atoms with Crippen molar-refractivity contribution < 1.29 is 13.2 Å². The number of likely N-dealkylation sites (tertiary alicyclic amines) is 1. The van der Waals surface area contributed by atoms with Gasteiger partial charge in [-0.2, -0.15) is 4.31 Å². The van der Waals surface area contributed by atoms with Crippen molar-refractivity contribution in [3.05, 3.63) is 30.3 Å². The van der Waals surface area contributed by atoms with Crippen LogP contribution in [0, 0.1) is 0 Å². The van der Waals surface area contributed by atoms with E-state index in [1.54, 1.807) is 30.3 Å². The van der Waals surface area contributed by atoms with Gasteiger partial charge in [0, 0.05) is 19.6 Å². The van der Waals surface area contributed by atoms with Gasteiger partial charge >= 0.3 is 0 Å². The highest BCUT2D eigenvalue weighted by Crippen LogP contribution is 2.27. The van der Waals surface area contributed by atoms with Gasteiger partial charge in [0.1, 0.15) is 6.04 Å². The molecule has 1 unspecified atom stereocenters. The molecule has 0 radical (unpaired) electrons. The second kappa shape index (κ2) is 7.01. The molecule has 2 aliphatic heterocycles. The maximum Gasteiger partial charge on any atom is 0.243 e. The summed E-state index contributed by atoms with van der Waals surface area (Å²) >= 11 is 0. The Hall–Kier alpha value is -1.40. The molecule has 1 atom stereocenters. The SMILES string of the molecule is O=C(C1CCCN1S(=O)(=O)c1ccccc1)N1CCCCCC1. The quantitative estimate of drug-likeness (QED) is 0.850. The third-order valence-electron chi connectivity index (χ3n) is 4.76. The zero-order valence-electron chi connectivity index (χ0n) is 13.4. The van der Waals surface area contributed by atoms with Crippen molar-refractivity contribution in [3.8, 4) is 0 Å². The number of carbonyl (C=O) groups is 1. The molecule has 2 aliphatic rings. The molecule has 126 valence electrons. The fraction of sp³-hybridized carbons (Fsp3) is 0.588. The maximum absolute atomic E-state index is 12.9. The van der Waals surface area contributed by atoms with Crippen LogP contribution in [0.15, 0.2) is 35.2 Å². The van der Waals surface area contributed by atoms with Crippen molar-refractivity contribution in [2.24, 2.45) is 0 Å². The van der Waals surface area contributed by atoms with Crippen LogP contribution in [0.3, 0.4) is 0 Å². The van der Waals surface area contributed by atoms with Crippen LogP contribution in [0.5, 0.6) is 0 Å². The molecule has 2 saturated heterocycles. The number of hydrogen-bond acceptors (Lipinski definition) is 3. The highest BCUT2D eigenvalue weighted by molar-refractivity contribution is 7.89. The van der Waals surface area contributed by atoms with Crippen LogP contribution in [-0.2, 0) is 14.8 Å². The Kier molecular flexibility index (Phi) is 5.02. The van der Waals surface area contributed by atoms with Gasteiger partial charge in [0.2, 0.25) is 15.9 Å². The lowest BCUT2D eigenvalue weighted by molar-refractivity contribution is -0.134. The van der Waals surface area contributed by atoms with E-state index in [1.165, 1.54) is 4.31 Å². The summed E-state index contributed by atoms with van der Waals surface area (Å²) in [5.74, 6) is -0.0103. The third-order valence-corrected chi connectivity index (χ3v) is 6.68. The Morgan fingerprint density at radius 3 is 2.22 bits per heavy atom.